The highest BCUT2D eigenvalue weighted by molar-refractivity contribution is 5.87. The SMILES string of the molecule is C=C(C)C(=O)OCC(CO)OC(=O)C12CC3(C)CC(C)(CC(O)(C3)C1)C2. The summed E-state index contributed by atoms with van der Waals surface area (Å²) in [6, 6.07) is 0. The molecule has 2 N–H and O–H groups in total. The average molecular weight is 366 g/mol. The van der Waals surface area contributed by atoms with Crippen molar-refractivity contribution < 1.29 is 29.3 Å². The summed E-state index contributed by atoms with van der Waals surface area (Å²) in [5.41, 5.74) is -1.44. The molecule has 0 aromatic carbocycles. The smallest absolute Gasteiger partial charge is 0.333 e. The maximum atomic E-state index is 13.1. The van der Waals surface area contributed by atoms with E-state index in [1.165, 1.54) is 6.92 Å². The van der Waals surface area contributed by atoms with E-state index in [-0.39, 0.29) is 23.0 Å². The average Bonchev–Trinajstić information content (AvgIpc) is 2.45. The fourth-order valence-electron chi connectivity index (χ4n) is 6.54. The summed E-state index contributed by atoms with van der Waals surface area (Å²) in [6.45, 7) is 8.69. The number of hydrogen-bond donors (Lipinski definition) is 2. The molecule has 0 heterocycles. The number of carbonyl (C=O) groups is 2. The summed E-state index contributed by atoms with van der Waals surface area (Å²) in [7, 11) is 0. The van der Waals surface area contributed by atoms with Crippen LogP contribution in [0.4, 0.5) is 0 Å². The Kier molecular flexibility index (Phi) is 4.51. The van der Waals surface area contributed by atoms with E-state index in [1.54, 1.807) is 0 Å². The molecule has 0 aromatic heterocycles. The first-order chi connectivity index (χ1) is 11.9. The summed E-state index contributed by atoms with van der Waals surface area (Å²) in [5, 5.41) is 20.6. The van der Waals surface area contributed by atoms with Gasteiger partial charge in [0, 0.05) is 5.57 Å². The zero-order chi connectivity index (χ0) is 19.4. The Morgan fingerprint density at radius 1 is 1.08 bits per heavy atom. The van der Waals surface area contributed by atoms with Crippen molar-refractivity contribution in [3.63, 3.8) is 0 Å². The number of aliphatic hydroxyl groups excluding tert-OH is 1. The molecule has 0 radical (unpaired) electrons. The summed E-state index contributed by atoms with van der Waals surface area (Å²) in [6.07, 6.45) is 3.36. The summed E-state index contributed by atoms with van der Waals surface area (Å²) in [4.78, 5) is 24.6. The monoisotopic (exact) mass is 366 g/mol. The van der Waals surface area contributed by atoms with Gasteiger partial charge in [0.25, 0.3) is 0 Å². The molecule has 6 nitrogen and oxygen atoms in total. The molecule has 3 atom stereocenters. The molecule has 0 aromatic rings. The second-order valence-electron chi connectivity index (χ2n) is 9.78. The van der Waals surface area contributed by atoms with Crippen molar-refractivity contribution >= 4 is 11.9 Å². The Morgan fingerprint density at radius 2 is 1.65 bits per heavy atom. The predicted molar refractivity (Wildman–Crippen MR) is 94.0 cm³/mol. The van der Waals surface area contributed by atoms with E-state index in [2.05, 4.69) is 20.4 Å². The molecular weight excluding hydrogens is 336 g/mol. The van der Waals surface area contributed by atoms with E-state index in [0.717, 1.165) is 19.3 Å². The van der Waals surface area contributed by atoms with Crippen LogP contribution < -0.4 is 0 Å². The lowest BCUT2D eigenvalue weighted by Gasteiger charge is -2.66. The second kappa shape index (κ2) is 6.06. The van der Waals surface area contributed by atoms with Crippen molar-refractivity contribution in [2.24, 2.45) is 16.2 Å². The number of ether oxygens (including phenoxy) is 2. The summed E-state index contributed by atoms with van der Waals surface area (Å²) >= 11 is 0. The first kappa shape index (κ1) is 19.4. The van der Waals surface area contributed by atoms with Gasteiger partial charge in [0.2, 0.25) is 0 Å². The van der Waals surface area contributed by atoms with Gasteiger partial charge in [0.05, 0.1) is 17.6 Å². The third-order valence-corrected chi connectivity index (χ3v) is 6.22. The van der Waals surface area contributed by atoms with Crippen LogP contribution in [-0.4, -0.2) is 47.1 Å². The molecule has 4 fully saturated rings. The normalized spacial score (nSPS) is 41.6. The number of esters is 2. The molecule has 4 aliphatic rings. The molecule has 0 spiro atoms. The van der Waals surface area contributed by atoms with Gasteiger partial charge in [0.1, 0.15) is 6.61 Å². The lowest BCUT2D eigenvalue weighted by molar-refractivity contribution is -0.237. The Balaban J connectivity index is 1.72. The zero-order valence-electron chi connectivity index (χ0n) is 16.0. The van der Waals surface area contributed by atoms with Gasteiger partial charge >= 0.3 is 11.9 Å². The van der Waals surface area contributed by atoms with Gasteiger partial charge < -0.3 is 19.7 Å². The quantitative estimate of drug-likeness (QED) is 0.552. The van der Waals surface area contributed by atoms with Crippen LogP contribution in [0.25, 0.3) is 0 Å². The van der Waals surface area contributed by atoms with Gasteiger partial charge in [0.15, 0.2) is 6.10 Å². The van der Waals surface area contributed by atoms with Crippen molar-refractivity contribution in [2.45, 2.75) is 71.0 Å². The van der Waals surface area contributed by atoms with Crippen molar-refractivity contribution in [3.8, 4) is 0 Å². The minimum absolute atomic E-state index is 0.0710. The van der Waals surface area contributed by atoms with E-state index in [4.69, 9.17) is 9.47 Å². The lowest BCUT2D eigenvalue weighted by atomic mass is 9.39. The van der Waals surface area contributed by atoms with Crippen molar-refractivity contribution in [2.75, 3.05) is 13.2 Å². The zero-order valence-corrected chi connectivity index (χ0v) is 16.0. The molecule has 4 bridgehead atoms. The van der Waals surface area contributed by atoms with Gasteiger partial charge in [-0.25, -0.2) is 4.79 Å². The molecule has 4 rings (SSSR count). The number of aliphatic hydroxyl groups is 2. The van der Waals surface area contributed by atoms with Crippen LogP contribution in [0.5, 0.6) is 0 Å². The van der Waals surface area contributed by atoms with Gasteiger partial charge in [-0.3, -0.25) is 4.79 Å². The molecule has 4 saturated carbocycles. The fourth-order valence-corrected chi connectivity index (χ4v) is 6.54. The third kappa shape index (κ3) is 3.41. The third-order valence-electron chi connectivity index (χ3n) is 6.22. The number of hydrogen-bond acceptors (Lipinski definition) is 6. The Labute approximate surface area is 154 Å². The van der Waals surface area contributed by atoms with Gasteiger partial charge in [-0.15, -0.1) is 0 Å². The minimum Gasteiger partial charge on any atom is -0.458 e. The van der Waals surface area contributed by atoms with E-state index in [1.807, 2.05) is 0 Å². The first-order valence-corrected chi connectivity index (χ1v) is 9.29. The maximum Gasteiger partial charge on any atom is 0.333 e. The number of carbonyl (C=O) groups excluding carboxylic acids is 2. The Hall–Kier alpha value is -1.40. The molecule has 0 amide bonds. The molecule has 26 heavy (non-hydrogen) atoms. The van der Waals surface area contributed by atoms with Crippen LogP contribution in [-0.2, 0) is 19.1 Å². The van der Waals surface area contributed by atoms with Gasteiger partial charge in [-0.05, 0) is 56.3 Å². The molecule has 0 aliphatic heterocycles. The molecule has 3 unspecified atom stereocenters. The van der Waals surface area contributed by atoms with E-state index >= 15 is 0 Å². The van der Waals surface area contributed by atoms with E-state index in [9.17, 15) is 19.8 Å². The van der Waals surface area contributed by atoms with Crippen molar-refractivity contribution in [3.05, 3.63) is 12.2 Å². The predicted octanol–water partition coefficient (Wildman–Crippen LogP) is 2.12. The van der Waals surface area contributed by atoms with Crippen LogP contribution in [0.1, 0.15) is 59.3 Å². The highest BCUT2D eigenvalue weighted by Gasteiger charge is 2.68. The minimum atomic E-state index is -0.908. The summed E-state index contributed by atoms with van der Waals surface area (Å²) in [5.74, 6) is -0.971. The van der Waals surface area contributed by atoms with Crippen LogP contribution >= 0.6 is 0 Å². The van der Waals surface area contributed by atoms with Gasteiger partial charge in [-0.1, -0.05) is 20.4 Å². The largest absolute Gasteiger partial charge is 0.458 e. The molecule has 0 saturated heterocycles. The topological polar surface area (TPSA) is 93.1 Å². The highest BCUT2D eigenvalue weighted by atomic mass is 16.6. The van der Waals surface area contributed by atoms with Gasteiger partial charge in [-0.2, -0.15) is 0 Å². The fraction of sp³-hybridized carbons (Fsp3) is 0.800. The van der Waals surface area contributed by atoms with Crippen molar-refractivity contribution in [1.82, 2.24) is 0 Å². The van der Waals surface area contributed by atoms with Crippen LogP contribution in [0, 0.1) is 16.2 Å². The standard InChI is InChI=1S/C20H30O6/c1-13(2)15(22)25-6-14(5-21)26-16(23)19-8-17(3)7-18(4,9-19)11-20(24,10-17)12-19/h14,21,24H,1,5-12H2,2-4H3. The first-order valence-electron chi connectivity index (χ1n) is 9.29. The van der Waals surface area contributed by atoms with Crippen LogP contribution in [0.2, 0.25) is 0 Å². The highest BCUT2D eigenvalue weighted by Crippen LogP contribution is 2.71. The Bertz CT molecular complexity index is 585. The molecular formula is C20H30O6. The van der Waals surface area contributed by atoms with Crippen molar-refractivity contribution in [1.29, 1.82) is 0 Å². The lowest BCUT2D eigenvalue weighted by Crippen LogP contribution is -2.65. The van der Waals surface area contributed by atoms with Crippen LogP contribution in [0.3, 0.4) is 0 Å². The number of rotatable bonds is 6. The molecule has 146 valence electrons. The molecule has 4 aliphatic carbocycles. The molecule has 6 heteroatoms. The second-order valence-corrected chi connectivity index (χ2v) is 9.78. The van der Waals surface area contributed by atoms with Crippen LogP contribution in [0.15, 0.2) is 12.2 Å². The van der Waals surface area contributed by atoms with E-state index in [0.29, 0.717) is 19.3 Å². The van der Waals surface area contributed by atoms with E-state index < -0.39 is 35.7 Å². The summed E-state index contributed by atoms with van der Waals surface area (Å²) < 4.78 is 10.6. The maximum absolute atomic E-state index is 13.1. The Morgan fingerprint density at radius 3 is 2.12 bits per heavy atom.